The second-order valence-electron chi connectivity index (χ2n) is 9.08. The number of hydrogen-bond donors (Lipinski definition) is 1. The highest BCUT2D eigenvalue weighted by Crippen LogP contribution is 2.34. The average molecular weight is 569 g/mol. The normalized spacial score (nSPS) is 11.9. The van der Waals surface area contributed by atoms with Gasteiger partial charge in [-0.15, -0.1) is 0 Å². The molecule has 0 aliphatic carbocycles. The summed E-state index contributed by atoms with van der Waals surface area (Å²) in [5, 5.41) is 3.00. The van der Waals surface area contributed by atoms with E-state index in [0.717, 1.165) is 29.0 Å². The van der Waals surface area contributed by atoms with Gasteiger partial charge in [0.05, 0.1) is 23.3 Å². The second-order valence-corrected chi connectivity index (χ2v) is 11.1. The Balaban J connectivity index is 1.72. The lowest BCUT2D eigenvalue weighted by Gasteiger charge is -2.19. The van der Waals surface area contributed by atoms with Crippen LogP contribution < -0.4 is 10.1 Å². The molecule has 4 aromatic rings. The van der Waals surface area contributed by atoms with Crippen molar-refractivity contribution in [2.45, 2.75) is 24.5 Å². The maximum Gasteiger partial charge on any atom is 0.417 e. The van der Waals surface area contributed by atoms with Crippen LogP contribution in [0.3, 0.4) is 0 Å². The van der Waals surface area contributed by atoms with Gasteiger partial charge in [0.15, 0.2) is 0 Å². The van der Waals surface area contributed by atoms with Gasteiger partial charge in [-0.3, -0.25) is 4.98 Å². The SMILES string of the molecule is C=C(C)c1ccnc(-c2cc(S(=O)(=O)N(C)Cc3ccc(OC)cc3)ccc2Nc2ccc(C(F)(F)F)cn2)c1. The first-order valence-electron chi connectivity index (χ1n) is 12.0. The first-order valence-corrected chi connectivity index (χ1v) is 13.5. The van der Waals surface area contributed by atoms with Crippen molar-refractivity contribution in [1.82, 2.24) is 14.3 Å². The zero-order valence-electron chi connectivity index (χ0n) is 22.0. The van der Waals surface area contributed by atoms with Gasteiger partial charge >= 0.3 is 6.18 Å². The number of methoxy groups -OCH3 is 1. The van der Waals surface area contributed by atoms with Crippen molar-refractivity contribution in [2.24, 2.45) is 0 Å². The van der Waals surface area contributed by atoms with E-state index in [1.54, 1.807) is 49.7 Å². The minimum absolute atomic E-state index is 0.0203. The highest BCUT2D eigenvalue weighted by Gasteiger charge is 2.30. The first-order chi connectivity index (χ1) is 18.9. The van der Waals surface area contributed by atoms with Crippen LogP contribution in [0.1, 0.15) is 23.6 Å². The van der Waals surface area contributed by atoms with Crippen LogP contribution in [0.2, 0.25) is 0 Å². The number of nitrogens with one attached hydrogen (secondary N) is 1. The molecule has 0 amide bonds. The molecule has 0 saturated carbocycles. The summed E-state index contributed by atoms with van der Waals surface area (Å²) in [6.45, 7) is 5.91. The molecule has 208 valence electrons. The lowest BCUT2D eigenvalue weighted by atomic mass is 10.0. The number of anilines is 2. The summed E-state index contributed by atoms with van der Waals surface area (Å²) >= 11 is 0. The van der Waals surface area contributed by atoms with Gasteiger partial charge in [0, 0.05) is 37.2 Å². The molecule has 0 atom stereocenters. The summed E-state index contributed by atoms with van der Waals surface area (Å²) in [5.74, 6) is 0.812. The number of benzene rings is 2. The Kier molecular flexibility index (Phi) is 8.26. The molecule has 0 saturated heterocycles. The van der Waals surface area contributed by atoms with Crippen molar-refractivity contribution in [3.8, 4) is 17.0 Å². The maximum absolute atomic E-state index is 13.5. The van der Waals surface area contributed by atoms with E-state index in [9.17, 15) is 21.6 Å². The predicted octanol–water partition coefficient (Wildman–Crippen LogP) is 6.77. The Morgan fingerprint density at radius 3 is 2.35 bits per heavy atom. The fourth-order valence-corrected chi connectivity index (χ4v) is 5.06. The Bertz CT molecular complexity index is 1620. The molecule has 0 aliphatic rings. The van der Waals surface area contributed by atoms with Crippen LogP contribution in [0.5, 0.6) is 5.75 Å². The zero-order chi connectivity index (χ0) is 29.1. The number of pyridine rings is 2. The molecule has 2 aromatic carbocycles. The number of rotatable bonds is 9. The number of hydrogen-bond acceptors (Lipinski definition) is 6. The van der Waals surface area contributed by atoms with Crippen LogP contribution >= 0.6 is 0 Å². The van der Waals surface area contributed by atoms with Gasteiger partial charge in [-0.25, -0.2) is 13.4 Å². The summed E-state index contributed by atoms with van der Waals surface area (Å²) in [7, 11) is -0.898. The van der Waals surface area contributed by atoms with Crippen LogP contribution in [-0.2, 0) is 22.7 Å². The smallest absolute Gasteiger partial charge is 0.417 e. The minimum atomic E-state index is -4.52. The summed E-state index contributed by atoms with van der Waals surface area (Å²) in [5.41, 5.74) is 2.76. The standard InChI is InChI=1S/C29H27F3N4O3S/c1-19(2)21-13-14-33-27(15-21)25-16-24(40(37,38)36(3)18-20-5-8-23(39-4)9-6-20)10-11-26(25)35-28-12-7-22(17-34-28)29(30,31)32/h5-17H,1,18H2,2-4H3,(H,34,35). The van der Waals surface area contributed by atoms with Crippen LogP contribution in [-0.4, -0.2) is 36.8 Å². The Labute approximate surface area is 231 Å². The fourth-order valence-electron chi connectivity index (χ4n) is 3.87. The van der Waals surface area contributed by atoms with Crippen LogP contribution in [0.4, 0.5) is 24.7 Å². The highest BCUT2D eigenvalue weighted by molar-refractivity contribution is 7.89. The van der Waals surface area contributed by atoms with E-state index in [1.807, 2.05) is 6.92 Å². The molecule has 0 radical (unpaired) electrons. The summed E-state index contributed by atoms with van der Waals surface area (Å²) in [6, 6.07) is 17.2. The highest BCUT2D eigenvalue weighted by atomic mass is 32.2. The van der Waals surface area contributed by atoms with Crippen molar-refractivity contribution in [2.75, 3.05) is 19.5 Å². The number of nitrogens with zero attached hydrogens (tertiary/aromatic N) is 3. The first kappa shape index (κ1) is 28.8. The second kappa shape index (κ2) is 11.5. The van der Waals surface area contributed by atoms with Crippen molar-refractivity contribution >= 4 is 27.1 Å². The molecule has 4 rings (SSSR count). The van der Waals surface area contributed by atoms with E-state index in [1.165, 1.54) is 35.6 Å². The van der Waals surface area contributed by atoms with E-state index < -0.39 is 21.8 Å². The van der Waals surface area contributed by atoms with E-state index in [4.69, 9.17) is 4.74 Å². The Morgan fingerprint density at radius 1 is 1.02 bits per heavy atom. The van der Waals surface area contributed by atoms with Crippen molar-refractivity contribution in [3.05, 3.63) is 102 Å². The molecule has 0 spiro atoms. The topological polar surface area (TPSA) is 84.4 Å². The third-order valence-electron chi connectivity index (χ3n) is 6.15. The number of halogens is 3. The molecule has 0 bridgehead atoms. The molecule has 11 heteroatoms. The van der Waals surface area contributed by atoms with Crippen molar-refractivity contribution in [3.63, 3.8) is 0 Å². The van der Waals surface area contributed by atoms with Gasteiger partial charge in [0.25, 0.3) is 0 Å². The van der Waals surface area contributed by atoms with Crippen LogP contribution in [0.25, 0.3) is 16.8 Å². The molecular weight excluding hydrogens is 541 g/mol. The molecule has 0 unspecified atom stereocenters. The molecule has 1 N–H and O–H groups in total. The lowest BCUT2D eigenvalue weighted by molar-refractivity contribution is -0.137. The summed E-state index contributed by atoms with van der Waals surface area (Å²) in [6.07, 6.45) is -2.21. The van der Waals surface area contributed by atoms with Gasteiger partial charge in [-0.1, -0.05) is 24.3 Å². The molecule has 0 aliphatic heterocycles. The van der Waals surface area contributed by atoms with Gasteiger partial charge in [0.2, 0.25) is 10.0 Å². The van der Waals surface area contributed by atoms with Gasteiger partial charge in [-0.2, -0.15) is 17.5 Å². The molecule has 0 fully saturated rings. The molecule has 7 nitrogen and oxygen atoms in total. The van der Waals surface area contributed by atoms with Crippen LogP contribution in [0.15, 0.2) is 90.6 Å². The number of allylic oxidation sites excluding steroid dienone is 1. The summed E-state index contributed by atoms with van der Waals surface area (Å²) < 4.78 is 72.4. The monoisotopic (exact) mass is 568 g/mol. The summed E-state index contributed by atoms with van der Waals surface area (Å²) in [4.78, 5) is 8.32. The number of alkyl halides is 3. The van der Waals surface area contributed by atoms with Crippen molar-refractivity contribution in [1.29, 1.82) is 0 Å². The number of ether oxygens (including phenoxy) is 1. The third-order valence-corrected chi connectivity index (χ3v) is 7.95. The van der Waals surface area contributed by atoms with E-state index in [0.29, 0.717) is 22.7 Å². The third kappa shape index (κ3) is 6.49. The minimum Gasteiger partial charge on any atom is -0.497 e. The Hall–Kier alpha value is -4.22. The number of aromatic nitrogens is 2. The van der Waals surface area contributed by atoms with Crippen LogP contribution in [0, 0.1) is 0 Å². The van der Waals surface area contributed by atoms with Gasteiger partial charge < -0.3 is 10.1 Å². The average Bonchev–Trinajstić information content (AvgIpc) is 2.93. The predicted molar refractivity (Wildman–Crippen MR) is 149 cm³/mol. The molecular formula is C29H27F3N4O3S. The number of sulfonamides is 1. The van der Waals surface area contributed by atoms with Gasteiger partial charge in [0.1, 0.15) is 11.6 Å². The largest absolute Gasteiger partial charge is 0.497 e. The maximum atomic E-state index is 13.5. The van der Waals surface area contributed by atoms with E-state index in [-0.39, 0.29) is 17.3 Å². The van der Waals surface area contributed by atoms with E-state index >= 15 is 0 Å². The zero-order valence-corrected chi connectivity index (χ0v) is 22.8. The quantitative estimate of drug-likeness (QED) is 0.240. The molecule has 40 heavy (non-hydrogen) atoms. The van der Waals surface area contributed by atoms with Crippen molar-refractivity contribution < 1.29 is 26.3 Å². The Morgan fingerprint density at radius 2 is 1.75 bits per heavy atom. The van der Waals surface area contributed by atoms with E-state index in [2.05, 4.69) is 21.9 Å². The molecule has 2 heterocycles. The lowest BCUT2D eigenvalue weighted by Crippen LogP contribution is -2.26. The molecule has 2 aromatic heterocycles. The van der Waals surface area contributed by atoms with Gasteiger partial charge in [-0.05, 0) is 72.6 Å². The fraction of sp³-hybridized carbons (Fsp3) is 0.172.